The van der Waals surface area contributed by atoms with Gasteiger partial charge in [-0.05, 0) is 18.2 Å². The average molecular weight is 299 g/mol. The molecule has 0 bridgehead atoms. The van der Waals surface area contributed by atoms with Crippen LogP contribution in [0.25, 0.3) is 0 Å². The molecule has 2 amide bonds. The number of aromatic nitrogens is 1. The van der Waals surface area contributed by atoms with Gasteiger partial charge in [-0.15, -0.1) is 0 Å². The molecule has 1 fully saturated rings. The van der Waals surface area contributed by atoms with Gasteiger partial charge in [0, 0.05) is 11.8 Å². The fourth-order valence-corrected chi connectivity index (χ4v) is 2.54. The van der Waals surface area contributed by atoms with E-state index < -0.39 is 0 Å². The SMILES string of the molecule is O=C(Nc1ccccc1)N1CCN(c2cccc[n+]2O)CC1. The number of amides is 2. The molecule has 0 aliphatic carbocycles. The van der Waals surface area contributed by atoms with Crippen molar-refractivity contribution in [2.75, 3.05) is 36.4 Å². The van der Waals surface area contributed by atoms with Crippen molar-refractivity contribution < 1.29 is 14.7 Å². The molecule has 0 atom stereocenters. The van der Waals surface area contributed by atoms with Crippen molar-refractivity contribution in [1.82, 2.24) is 4.90 Å². The third-order valence-electron chi connectivity index (χ3n) is 3.73. The number of benzene rings is 1. The lowest BCUT2D eigenvalue weighted by atomic mass is 10.3. The van der Waals surface area contributed by atoms with Crippen LogP contribution in [0.4, 0.5) is 16.3 Å². The van der Waals surface area contributed by atoms with E-state index in [0.29, 0.717) is 26.2 Å². The lowest BCUT2D eigenvalue weighted by Gasteiger charge is -2.31. The van der Waals surface area contributed by atoms with Crippen molar-refractivity contribution in [3.05, 3.63) is 54.7 Å². The predicted molar refractivity (Wildman–Crippen MR) is 83.1 cm³/mol. The minimum absolute atomic E-state index is 0.0872. The third-order valence-corrected chi connectivity index (χ3v) is 3.73. The molecule has 2 N–H and O–H groups in total. The predicted octanol–water partition coefficient (Wildman–Crippen LogP) is 1.57. The Labute approximate surface area is 129 Å². The molecule has 22 heavy (non-hydrogen) atoms. The average Bonchev–Trinajstić information content (AvgIpc) is 2.56. The van der Waals surface area contributed by atoms with Gasteiger partial charge in [0.2, 0.25) is 0 Å². The number of rotatable bonds is 2. The molecule has 1 aromatic carbocycles. The second-order valence-electron chi connectivity index (χ2n) is 5.17. The molecule has 0 saturated carbocycles. The van der Waals surface area contributed by atoms with Gasteiger partial charge in [-0.25, -0.2) is 4.79 Å². The van der Waals surface area contributed by atoms with Crippen molar-refractivity contribution in [1.29, 1.82) is 0 Å². The number of nitrogens with one attached hydrogen (secondary N) is 1. The Hall–Kier alpha value is -2.76. The summed E-state index contributed by atoms with van der Waals surface area (Å²) in [6, 6.07) is 14.9. The number of hydrogen-bond donors (Lipinski definition) is 2. The molecule has 6 nitrogen and oxygen atoms in total. The standard InChI is InChI=1S/C16H18N4O2/c21-16(17-14-6-2-1-3-7-14)19-12-10-18(11-13-19)15-8-4-5-9-20(15)22/h1-9H,10-13H2,(H-,17,21,22)/p+1. The van der Waals surface area contributed by atoms with Crippen molar-refractivity contribution in [3.8, 4) is 0 Å². The summed E-state index contributed by atoms with van der Waals surface area (Å²) in [5.41, 5.74) is 0.797. The molecule has 0 radical (unpaired) electrons. The van der Waals surface area contributed by atoms with Gasteiger partial charge in [0.25, 0.3) is 0 Å². The Kier molecular flexibility index (Phi) is 4.09. The number of carbonyl (C=O) groups excluding carboxylic acids is 1. The van der Waals surface area contributed by atoms with Crippen LogP contribution in [0.15, 0.2) is 54.7 Å². The van der Waals surface area contributed by atoms with Gasteiger partial charge in [0.15, 0.2) is 0 Å². The highest BCUT2D eigenvalue weighted by Gasteiger charge is 2.27. The molecular weight excluding hydrogens is 280 g/mol. The third kappa shape index (κ3) is 3.11. The number of para-hydroxylation sites is 1. The molecule has 2 aromatic rings. The Morgan fingerprint density at radius 1 is 1.00 bits per heavy atom. The zero-order chi connectivity index (χ0) is 15.4. The summed E-state index contributed by atoms with van der Waals surface area (Å²) in [6.07, 6.45) is 1.60. The number of pyridine rings is 1. The lowest BCUT2D eigenvalue weighted by molar-refractivity contribution is -0.894. The summed E-state index contributed by atoms with van der Waals surface area (Å²) in [5.74, 6) is 0.741. The highest BCUT2D eigenvalue weighted by Crippen LogP contribution is 2.12. The first-order chi connectivity index (χ1) is 10.7. The minimum Gasteiger partial charge on any atom is -0.350 e. The maximum absolute atomic E-state index is 12.2. The molecule has 0 spiro atoms. The molecule has 2 heterocycles. The fourth-order valence-electron chi connectivity index (χ4n) is 2.54. The first-order valence-electron chi connectivity index (χ1n) is 7.30. The van der Waals surface area contributed by atoms with E-state index in [2.05, 4.69) is 10.2 Å². The zero-order valence-electron chi connectivity index (χ0n) is 12.2. The van der Waals surface area contributed by atoms with Gasteiger partial charge in [-0.1, -0.05) is 29.0 Å². The summed E-state index contributed by atoms with van der Waals surface area (Å²) in [7, 11) is 0. The number of hydrogen-bond acceptors (Lipinski definition) is 3. The highest BCUT2D eigenvalue weighted by molar-refractivity contribution is 5.89. The van der Waals surface area contributed by atoms with Gasteiger partial charge in [0.05, 0.1) is 13.1 Å². The number of piperazine rings is 1. The van der Waals surface area contributed by atoms with E-state index in [1.807, 2.05) is 42.5 Å². The molecule has 1 aromatic heterocycles. The van der Waals surface area contributed by atoms with Crippen molar-refractivity contribution >= 4 is 17.5 Å². The monoisotopic (exact) mass is 299 g/mol. The summed E-state index contributed by atoms with van der Waals surface area (Å²) in [4.78, 5) is 16.1. The number of nitrogens with zero attached hydrogens (tertiary/aromatic N) is 3. The van der Waals surface area contributed by atoms with Crippen LogP contribution in [-0.4, -0.2) is 42.3 Å². The smallest absolute Gasteiger partial charge is 0.322 e. The van der Waals surface area contributed by atoms with Crippen molar-refractivity contribution in [2.45, 2.75) is 0 Å². The van der Waals surface area contributed by atoms with Crippen LogP contribution < -0.4 is 14.9 Å². The second kappa shape index (κ2) is 6.34. The van der Waals surface area contributed by atoms with Crippen LogP contribution in [-0.2, 0) is 0 Å². The number of anilines is 2. The van der Waals surface area contributed by atoms with E-state index in [9.17, 15) is 10.0 Å². The van der Waals surface area contributed by atoms with Crippen LogP contribution in [0.3, 0.4) is 0 Å². The molecule has 0 unspecified atom stereocenters. The molecule has 1 saturated heterocycles. The summed E-state index contributed by atoms with van der Waals surface area (Å²) in [5, 5.41) is 12.7. The summed E-state index contributed by atoms with van der Waals surface area (Å²) in [6.45, 7) is 2.61. The molecule has 1 aliphatic heterocycles. The number of carbonyl (C=O) groups is 1. The molecule has 6 heteroatoms. The molecule has 3 rings (SSSR count). The Morgan fingerprint density at radius 3 is 2.36 bits per heavy atom. The van der Waals surface area contributed by atoms with Crippen LogP contribution in [0.1, 0.15) is 0 Å². The number of urea groups is 1. The topological polar surface area (TPSA) is 59.7 Å². The van der Waals surface area contributed by atoms with Gasteiger partial charge < -0.3 is 15.4 Å². The first-order valence-corrected chi connectivity index (χ1v) is 7.30. The van der Waals surface area contributed by atoms with E-state index in [1.165, 1.54) is 0 Å². The van der Waals surface area contributed by atoms with Crippen LogP contribution in [0.2, 0.25) is 0 Å². The maximum atomic E-state index is 12.2. The molecular formula is C16H19N4O2+. The van der Waals surface area contributed by atoms with Gasteiger partial charge in [-0.3, -0.25) is 4.90 Å². The molecule has 114 valence electrons. The first kappa shape index (κ1) is 14.2. The van der Waals surface area contributed by atoms with Gasteiger partial charge in [0.1, 0.15) is 19.3 Å². The fraction of sp³-hybridized carbons (Fsp3) is 0.250. The quantitative estimate of drug-likeness (QED) is 0.653. The highest BCUT2D eigenvalue weighted by atomic mass is 16.5. The second-order valence-corrected chi connectivity index (χ2v) is 5.17. The van der Waals surface area contributed by atoms with E-state index in [0.717, 1.165) is 16.2 Å². The summed E-state index contributed by atoms with van der Waals surface area (Å²) < 4.78 is 1.11. The Balaban J connectivity index is 1.58. The summed E-state index contributed by atoms with van der Waals surface area (Å²) >= 11 is 0. The van der Waals surface area contributed by atoms with Crippen LogP contribution in [0.5, 0.6) is 0 Å². The molecule has 1 aliphatic rings. The van der Waals surface area contributed by atoms with Crippen molar-refractivity contribution in [3.63, 3.8) is 0 Å². The van der Waals surface area contributed by atoms with E-state index in [1.54, 1.807) is 17.2 Å². The zero-order valence-corrected chi connectivity index (χ0v) is 12.2. The van der Waals surface area contributed by atoms with E-state index in [-0.39, 0.29) is 6.03 Å². The van der Waals surface area contributed by atoms with Gasteiger partial charge in [-0.2, -0.15) is 0 Å². The van der Waals surface area contributed by atoms with Gasteiger partial charge >= 0.3 is 11.8 Å². The maximum Gasteiger partial charge on any atom is 0.322 e. The van der Waals surface area contributed by atoms with E-state index in [4.69, 9.17) is 0 Å². The Bertz CT molecular complexity index is 640. The van der Waals surface area contributed by atoms with Crippen LogP contribution >= 0.6 is 0 Å². The lowest BCUT2D eigenvalue weighted by Crippen LogP contribution is -2.53. The van der Waals surface area contributed by atoms with Crippen LogP contribution in [0, 0.1) is 0 Å². The largest absolute Gasteiger partial charge is 0.350 e. The van der Waals surface area contributed by atoms with E-state index >= 15 is 0 Å². The Morgan fingerprint density at radius 2 is 1.68 bits per heavy atom. The minimum atomic E-state index is -0.0872. The van der Waals surface area contributed by atoms with Crippen molar-refractivity contribution in [2.24, 2.45) is 0 Å². The normalized spacial score (nSPS) is 14.7.